The molecule has 4 heterocycles. The summed E-state index contributed by atoms with van der Waals surface area (Å²) in [6, 6.07) is 5.54. The summed E-state index contributed by atoms with van der Waals surface area (Å²) in [5.41, 5.74) is 1.10. The van der Waals surface area contributed by atoms with Gasteiger partial charge in [0.1, 0.15) is 0 Å². The molecule has 2 fully saturated rings. The minimum absolute atomic E-state index is 0.117. The van der Waals surface area contributed by atoms with E-state index < -0.39 is 0 Å². The largest absolute Gasteiger partial charge is 0.477 e. The molecule has 158 valence electrons. The number of rotatable bonds is 6. The van der Waals surface area contributed by atoms with Crippen molar-refractivity contribution in [3.8, 4) is 5.88 Å². The highest BCUT2D eigenvalue weighted by atomic mass is 16.5. The number of aryl methyl sites for hydroxylation is 1. The van der Waals surface area contributed by atoms with Crippen molar-refractivity contribution >= 4 is 11.8 Å². The number of hydrogen-bond donors (Lipinski definition) is 0. The van der Waals surface area contributed by atoms with Crippen molar-refractivity contribution in [2.24, 2.45) is 11.8 Å². The minimum Gasteiger partial charge on any atom is -0.477 e. The molecule has 8 nitrogen and oxygen atoms in total. The standard InChI is InChI=1S/C22H27N5O3/c1-16-3-8-23-19(11-16)30-15-18-12-20(28)27(14-18)13-17-4-9-26(10-5-17)22(29)21-24-6-2-7-25-21/h2-3,6-8,11,17-18H,4-5,9-10,12-15H2,1H3. The molecule has 0 saturated carbocycles. The zero-order valence-corrected chi connectivity index (χ0v) is 17.2. The molecule has 2 amide bonds. The van der Waals surface area contributed by atoms with Crippen molar-refractivity contribution in [1.82, 2.24) is 24.8 Å². The van der Waals surface area contributed by atoms with E-state index in [0.29, 0.717) is 37.9 Å². The van der Waals surface area contributed by atoms with Gasteiger partial charge < -0.3 is 14.5 Å². The van der Waals surface area contributed by atoms with Crippen LogP contribution in [0.25, 0.3) is 0 Å². The van der Waals surface area contributed by atoms with Crippen molar-refractivity contribution in [1.29, 1.82) is 0 Å². The molecular weight excluding hydrogens is 382 g/mol. The van der Waals surface area contributed by atoms with Gasteiger partial charge in [-0.1, -0.05) is 0 Å². The first-order valence-corrected chi connectivity index (χ1v) is 10.5. The third-order valence-electron chi connectivity index (χ3n) is 5.79. The minimum atomic E-state index is -0.117. The predicted octanol–water partition coefficient (Wildman–Crippen LogP) is 1.96. The quantitative estimate of drug-likeness (QED) is 0.725. The molecule has 2 aromatic rings. The highest BCUT2D eigenvalue weighted by molar-refractivity contribution is 5.90. The van der Waals surface area contributed by atoms with Crippen LogP contribution in [0.2, 0.25) is 0 Å². The summed E-state index contributed by atoms with van der Waals surface area (Å²) < 4.78 is 5.79. The van der Waals surface area contributed by atoms with Crippen molar-refractivity contribution in [2.75, 3.05) is 32.8 Å². The molecule has 8 heteroatoms. The Morgan fingerprint density at radius 3 is 2.63 bits per heavy atom. The highest BCUT2D eigenvalue weighted by Crippen LogP contribution is 2.25. The number of nitrogens with zero attached hydrogens (tertiary/aromatic N) is 5. The Bertz CT molecular complexity index is 883. The van der Waals surface area contributed by atoms with Crippen molar-refractivity contribution in [2.45, 2.75) is 26.2 Å². The molecule has 1 unspecified atom stereocenters. The zero-order chi connectivity index (χ0) is 20.9. The van der Waals surface area contributed by atoms with Gasteiger partial charge >= 0.3 is 0 Å². The van der Waals surface area contributed by atoms with Crippen LogP contribution in [-0.2, 0) is 4.79 Å². The molecule has 4 rings (SSSR count). The van der Waals surface area contributed by atoms with Crippen LogP contribution < -0.4 is 4.74 Å². The third kappa shape index (κ3) is 4.93. The molecule has 30 heavy (non-hydrogen) atoms. The Hall–Kier alpha value is -3.03. The molecule has 0 spiro atoms. The number of likely N-dealkylation sites (tertiary alicyclic amines) is 2. The first kappa shape index (κ1) is 20.3. The maximum atomic E-state index is 12.5. The van der Waals surface area contributed by atoms with Gasteiger partial charge in [0.2, 0.25) is 17.6 Å². The second-order valence-electron chi connectivity index (χ2n) is 8.16. The summed E-state index contributed by atoms with van der Waals surface area (Å²) in [6.07, 6.45) is 7.20. The van der Waals surface area contributed by atoms with Crippen LogP contribution in [0.1, 0.15) is 35.4 Å². The Labute approximate surface area is 176 Å². The summed E-state index contributed by atoms with van der Waals surface area (Å²) >= 11 is 0. The molecule has 0 aromatic carbocycles. The average molecular weight is 409 g/mol. The molecule has 0 aliphatic carbocycles. The number of hydrogen-bond acceptors (Lipinski definition) is 6. The Balaban J connectivity index is 1.22. The monoisotopic (exact) mass is 409 g/mol. The molecular formula is C22H27N5O3. The number of carbonyl (C=O) groups is 2. The van der Waals surface area contributed by atoms with Crippen molar-refractivity contribution in [3.05, 3.63) is 48.2 Å². The van der Waals surface area contributed by atoms with E-state index in [1.165, 1.54) is 0 Å². The lowest BCUT2D eigenvalue weighted by molar-refractivity contribution is -0.128. The van der Waals surface area contributed by atoms with Gasteiger partial charge in [0, 0.05) is 63.2 Å². The van der Waals surface area contributed by atoms with Gasteiger partial charge in [0.05, 0.1) is 6.61 Å². The summed E-state index contributed by atoms with van der Waals surface area (Å²) in [7, 11) is 0. The molecule has 1 atom stereocenters. The van der Waals surface area contributed by atoms with E-state index in [2.05, 4.69) is 15.0 Å². The van der Waals surface area contributed by atoms with Crippen LogP contribution in [-0.4, -0.2) is 69.4 Å². The van der Waals surface area contributed by atoms with Gasteiger partial charge in [0.25, 0.3) is 5.91 Å². The van der Waals surface area contributed by atoms with E-state index in [4.69, 9.17) is 4.74 Å². The van der Waals surface area contributed by atoms with Gasteiger partial charge in [-0.3, -0.25) is 9.59 Å². The average Bonchev–Trinajstić information content (AvgIpc) is 3.12. The van der Waals surface area contributed by atoms with Crippen LogP contribution in [0, 0.1) is 18.8 Å². The van der Waals surface area contributed by atoms with E-state index >= 15 is 0 Å². The van der Waals surface area contributed by atoms with Crippen LogP contribution in [0.3, 0.4) is 0 Å². The Morgan fingerprint density at radius 1 is 1.13 bits per heavy atom. The van der Waals surface area contributed by atoms with Gasteiger partial charge in [-0.15, -0.1) is 0 Å². The van der Waals surface area contributed by atoms with E-state index in [-0.39, 0.29) is 23.6 Å². The first-order valence-electron chi connectivity index (χ1n) is 10.5. The molecule has 0 N–H and O–H groups in total. The van der Waals surface area contributed by atoms with Gasteiger partial charge in [0.15, 0.2) is 0 Å². The van der Waals surface area contributed by atoms with Gasteiger partial charge in [-0.05, 0) is 43.4 Å². The normalized spacial score (nSPS) is 19.9. The van der Waals surface area contributed by atoms with Gasteiger partial charge in [-0.25, -0.2) is 15.0 Å². The van der Waals surface area contributed by atoms with Crippen molar-refractivity contribution in [3.63, 3.8) is 0 Å². The molecule has 2 aliphatic heterocycles. The Kier molecular flexibility index (Phi) is 6.21. The van der Waals surface area contributed by atoms with Crippen LogP contribution in [0.5, 0.6) is 5.88 Å². The maximum Gasteiger partial charge on any atom is 0.291 e. The fourth-order valence-corrected chi connectivity index (χ4v) is 4.11. The topological polar surface area (TPSA) is 88.5 Å². The number of carbonyl (C=O) groups excluding carboxylic acids is 2. The Morgan fingerprint density at radius 2 is 1.90 bits per heavy atom. The summed E-state index contributed by atoms with van der Waals surface area (Å²) in [5, 5.41) is 0. The molecule has 2 saturated heterocycles. The highest BCUT2D eigenvalue weighted by Gasteiger charge is 2.33. The lowest BCUT2D eigenvalue weighted by Gasteiger charge is -2.33. The number of amides is 2. The number of pyridine rings is 1. The van der Waals surface area contributed by atoms with E-state index in [1.54, 1.807) is 24.7 Å². The number of ether oxygens (including phenoxy) is 1. The van der Waals surface area contributed by atoms with Gasteiger partial charge in [-0.2, -0.15) is 0 Å². The smallest absolute Gasteiger partial charge is 0.291 e. The third-order valence-corrected chi connectivity index (χ3v) is 5.79. The summed E-state index contributed by atoms with van der Waals surface area (Å²) in [6.45, 7) is 5.33. The number of aromatic nitrogens is 3. The van der Waals surface area contributed by atoms with E-state index in [0.717, 1.165) is 31.5 Å². The lowest BCUT2D eigenvalue weighted by atomic mass is 9.96. The molecule has 0 bridgehead atoms. The second kappa shape index (κ2) is 9.19. The lowest BCUT2D eigenvalue weighted by Crippen LogP contribution is -2.42. The molecule has 2 aromatic heterocycles. The molecule has 0 radical (unpaired) electrons. The summed E-state index contributed by atoms with van der Waals surface area (Å²) in [5.74, 6) is 1.53. The van der Waals surface area contributed by atoms with Crippen molar-refractivity contribution < 1.29 is 14.3 Å². The van der Waals surface area contributed by atoms with E-state index in [9.17, 15) is 9.59 Å². The second-order valence-corrected chi connectivity index (χ2v) is 8.16. The van der Waals surface area contributed by atoms with Crippen LogP contribution in [0.4, 0.5) is 0 Å². The van der Waals surface area contributed by atoms with Crippen LogP contribution in [0.15, 0.2) is 36.8 Å². The first-order chi connectivity index (χ1) is 14.6. The van der Waals surface area contributed by atoms with E-state index in [1.807, 2.05) is 28.9 Å². The van der Waals surface area contributed by atoms with Crippen LogP contribution >= 0.6 is 0 Å². The summed E-state index contributed by atoms with van der Waals surface area (Å²) in [4.78, 5) is 41.0. The molecule has 2 aliphatic rings. The fraction of sp³-hybridized carbons (Fsp3) is 0.500. The SMILES string of the molecule is Cc1ccnc(OCC2CC(=O)N(CC3CCN(C(=O)c4ncccn4)CC3)C2)c1. The number of piperidine rings is 1. The fourth-order valence-electron chi connectivity index (χ4n) is 4.11. The zero-order valence-electron chi connectivity index (χ0n) is 17.2. The predicted molar refractivity (Wildman–Crippen MR) is 110 cm³/mol. The maximum absolute atomic E-state index is 12.5.